The van der Waals surface area contributed by atoms with Crippen LogP contribution in [0.4, 0.5) is 4.39 Å². The van der Waals surface area contributed by atoms with E-state index in [2.05, 4.69) is 37.3 Å². The minimum atomic E-state index is -0.255. The predicted molar refractivity (Wildman–Crippen MR) is 86.7 cm³/mol. The van der Waals surface area contributed by atoms with Gasteiger partial charge in [0.25, 0.3) is 0 Å². The van der Waals surface area contributed by atoms with E-state index in [0.717, 1.165) is 25.6 Å². The molecule has 0 aliphatic heterocycles. The van der Waals surface area contributed by atoms with Crippen molar-refractivity contribution in [1.29, 1.82) is 0 Å². The third-order valence-corrected chi connectivity index (χ3v) is 5.06. The predicted octanol–water partition coefficient (Wildman–Crippen LogP) is 4.41. The van der Waals surface area contributed by atoms with Gasteiger partial charge in [-0.15, -0.1) is 0 Å². The van der Waals surface area contributed by atoms with E-state index in [0.29, 0.717) is 6.42 Å². The lowest BCUT2D eigenvalue weighted by atomic mass is 9.98. The molecule has 0 spiro atoms. The van der Waals surface area contributed by atoms with E-state index in [-0.39, 0.29) is 11.9 Å². The van der Waals surface area contributed by atoms with Crippen LogP contribution < -0.4 is 11.3 Å². The van der Waals surface area contributed by atoms with Crippen molar-refractivity contribution in [2.45, 2.75) is 19.4 Å². The molecule has 0 saturated carbocycles. The molecular formula is C15H15Br2FN2. The Morgan fingerprint density at radius 2 is 2.00 bits per heavy atom. The van der Waals surface area contributed by atoms with Crippen LogP contribution in [-0.2, 0) is 6.42 Å². The molecule has 0 saturated heterocycles. The molecule has 106 valence electrons. The second-order valence-electron chi connectivity index (χ2n) is 4.64. The second kappa shape index (κ2) is 6.80. The molecule has 0 heterocycles. The SMILES string of the molecule is Cc1cccc(C(Cc2ccc(F)cc2Br)NN)c1Br. The third kappa shape index (κ3) is 3.47. The van der Waals surface area contributed by atoms with Crippen LogP contribution in [0.25, 0.3) is 0 Å². The molecule has 0 fully saturated rings. The van der Waals surface area contributed by atoms with Crippen LogP contribution >= 0.6 is 31.9 Å². The topological polar surface area (TPSA) is 38.0 Å². The van der Waals surface area contributed by atoms with Gasteiger partial charge in [-0.2, -0.15) is 0 Å². The molecule has 5 heteroatoms. The van der Waals surface area contributed by atoms with Gasteiger partial charge in [0.2, 0.25) is 0 Å². The summed E-state index contributed by atoms with van der Waals surface area (Å²) in [7, 11) is 0. The Bertz CT molecular complexity index is 617. The van der Waals surface area contributed by atoms with E-state index in [1.54, 1.807) is 6.07 Å². The Morgan fingerprint density at radius 1 is 1.25 bits per heavy atom. The monoisotopic (exact) mass is 400 g/mol. The van der Waals surface area contributed by atoms with Crippen molar-refractivity contribution < 1.29 is 4.39 Å². The van der Waals surface area contributed by atoms with Gasteiger partial charge in [0.05, 0.1) is 6.04 Å². The van der Waals surface area contributed by atoms with Crippen LogP contribution in [0.2, 0.25) is 0 Å². The fraction of sp³-hybridized carbons (Fsp3) is 0.200. The van der Waals surface area contributed by atoms with Crippen molar-refractivity contribution in [3.05, 3.63) is 67.9 Å². The van der Waals surface area contributed by atoms with Gasteiger partial charge in [0, 0.05) is 8.95 Å². The van der Waals surface area contributed by atoms with Gasteiger partial charge in [-0.25, -0.2) is 4.39 Å². The molecule has 2 aromatic rings. The Morgan fingerprint density at radius 3 is 2.65 bits per heavy atom. The highest BCUT2D eigenvalue weighted by Crippen LogP contribution is 2.30. The molecule has 3 N–H and O–H groups in total. The standard InChI is InChI=1S/C15H15Br2FN2/c1-9-3-2-4-12(15(9)17)14(20-19)7-10-5-6-11(18)8-13(10)16/h2-6,8,14,20H,7,19H2,1H3. The van der Waals surface area contributed by atoms with E-state index < -0.39 is 0 Å². The van der Waals surface area contributed by atoms with E-state index in [1.165, 1.54) is 12.1 Å². The van der Waals surface area contributed by atoms with Crippen LogP contribution in [0.1, 0.15) is 22.7 Å². The summed E-state index contributed by atoms with van der Waals surface area (Å²) in [5.74, 6) is 5.44. The molecular weight excluding hydrogens is 387 g/mol. The molecule has 0 amide bonds. The highest BCUT2D eigenvalue weighted by molar-refractivity contribution is 9.10. The summed E-state index contributed by atoms with van der Waals surface area (Å²) in [5.41, 5.74) is 6.08. The van der Waals surface area contributed by atoms with Crippen LogP contribution in [0.15, 0.2) is 45.3 Å². The summed E-state index contributed by atoms with van der Waals surface area (Å²) in [6.45, 7) is 2.04. The van der Waals surface area contributed by atoms with Crippen LogP contribution in [-0.4, -0.2) is 0 Å². The molecule has 1 unspecified atom stereocenters. The first-order valence-corrected chi connectivity index (χ1v) is 7.76. The molecule has 0 aliphatic rings. The highest BCUT2D eigenvalue weighted by Gasteiger charge is 2.16. The number of rotatable bonds is 4. The Labute approximate surface area is 134 Å². The van der Waals surface area contributed by atoms with Crippen molar-refractivity contribution >= 4 is 31.9 Å². The van der Waals surface area contributed by atoms with Crippen molar-refractivity contribution in [3.63, 3.8) is 0 Å². The zero-order valence-corrected chi connectivity index (χ0v) is 14.1. The van der Waals surface area contributed by atoms with E-state index >= 15 is 0 Å². The van der Waals surface area contributed by atoms with Crippen molar-refractivity contribution in [1.82, 2.24) is 5.43 Å². The number of hydrazine groups is 1. The number of benzene rings is 2. The van der Waals surface area contributed by atoms with Crippen molar-refractivity contribution in [2.24, 2.45) is 5.84 Å². The van der Waals surface area contributed by atoms with Gasteiger partial charge in [0.1, 0.15) is 5.82 Å². The van der Waals surface area contributed by atoms with Gasteiger partial charge >= 0.3 is 0 Å². The first-order valence-electron chi connectivity index (χ1n) is 6.18. The number of hydrogen-bond acceptors (Lipinski definition) is 2. The Kier molecular flexibility index (Phi) is 5.32. The maximum absolute atomic E-state index is 13.1. The summed E-state index contributed by atoms with van der Waals surface area (Å²) in [6.07, 6.45) is 0.666. The van der Waals surface area contributed by atoms with Crippen molar-refractivity contribution in [2.75, 3.05) is 0 Å². The number of hydrogen-bond donors (Lipinski definition) is 2. The summed E-state index contributed by atoms with van der Waals surface area (Å²) < 4.78 is 14.9. The minimum absolute atomic E-state index is 0.0500. The molecule has 2 aromatic carbocycles. The molecule has 0 aromatic heterocycles. The quantitative estimate of drug-likeness (QED) is 0.588. The number of nitrogens with one attached hydrogen (secondary N) is 1. The maximum atomic E-state index is 13.1. The van der Waals surface area contributed by atoms with E-state index in [9.17, 15) is 4.39 Å². The minimum Gasteiger partial charge on any atom is -0.271 e. The van der Waals surface area contributed by atoms with Gasteiger partial charge < -0.3 is 0 Å². The highest BCUT2D eigenvalue weighted by atomic mass is 79.9. The van der Waals surface area contributed by atoms with Gasteiger partial charge in [0.15, 0.2) is 0 Å². The summed E-state index contributed by atoms with van der Waals surface area (Å²) in [5, 5.41) is 0. The van der Waals surface area contributed by atoms with Gasteiger partial charge in [-0.05, 0) is 42.2 Å². The third-order valence-electron chi connectivity index (χ3n) is 3.24. The lowest BCUT2D eigenvalue weighted by molar-refractivity contribution is 0.547. The lowest BCUT2D eigenvalue weighted by Crippen LogP contribution is -2.30. The van der Waals surface area contributed by atoms with E-state index in [1.807, 2.05) is 25.1 Å². The first-order chi connectivity index (χ1) is 9.52. The molecule has 2 rings (SSSR count). The number of halogens is 3. The molecule has 0 aliphatic carbocycles. The zero-order chi connectivity index (χ0) is 14.7. The molecule has 0 bridgehead atoms. The molecule has 1 atom stereocenters. The fourth-order valence-corrected chi connectivity index (χ4v) is 3.16. The molecule has 2 nitrogen and oxygen atoms in total. The fourth-order valence-electron chi connectivity index (χ4n) is 2.11. The van der Waals surface area contributed by atoms with Gasteiger partial charge in [-0.3, -0.25) is 11.3 Å². The average molecular weight is 402 g/mol. The Balaban J connectivity index is 2.31. The molecule has 20 heavy (non-hydrogen) atoms. The summed E-state index contributed by atoms with van der Waals surface area (Å²) in [4.78, 5) is 0. The van der Waals surface area contributed by atoms with Crippen LogP contribution in [0.5, 0.6) is 0 Å². The smallest absolute Gasteiger partial charge is 0.124 e. The van der Waals surface area contributed by atoms with E-state index in [4.69, 9.17) is 5.84 Å². The van der Waals surface area contributed by atoms with Crippen LogP contribution in [0, 0.1) is 12.7 Å². The summed E-state index contributed by atoms with van der Waals surface area (Å²) in [6, 6.07) is 10.7. The number of aryl methyl sites for hydroxylation is 1. The zero-order valence-electron chi connectivity index (χ0n) is 11.0. The lowest BCUT2D eigenvalue weighted by Gasteiger charge is -2.19. The second-order valence-corrected chi connectivity index (χ2v) is 6.28. The van der Waals surface area contributed by atoms with Crippen molar-refractivity contribution in [3.8, 4) is 0 Å². The largest absolute Gasteiger partial charge is 0.271 e. The first kappa shape index (κ1) is 15.6. The van der Waals surface area contributed by atoms with Crippen LogP contribution in [0.3, 0.4) is 0 Å². The molecule has 0 radical (unpaired) electrons. The van der Waals surface area contributed by atoms with Gasteiger partial charge in [-0.1, -0.05) is 56.1 Å². The normalized spacial score (nSPS) is 12.4. The average Bonchev–Trinajstić information content (AvgIpc) is 2.42. The number of nitrogens with two attached hydrogens (primary N) is 1. The Hall–Kier alpha value is -0.750. The summed E-state index contributed by atoms with van der Waals surface area (Å²) >= 11 is 6.99. The maximum Gasteiger partial charge on any atom is 0.124 e.